The molecule has 3 N–H and O–H groups in total. The van der Waals surface area contributed by atoms with Gasteiger partial charge in [-0.15, -0.1) is 0 Å². The number of H-pyrrole nitrogens is 1. The maximum atomic E-state index is 12.0. The fraction of sp³-hybridized carbons (Fsp3) is 0.0909. The number of sulfonamides is 1. The van der Waals surface area contributed by atoms with E-state index in [-0.39, 0.29) is 16.8 Å². The summed E-state index contributed by atoms with van der Waals surface area (Å²) >= 11 is 0. The number of carbonyl (C=O) groups excluding carboxylic acids is 1. The van der Waals surface area contributed by atoms with Crippen molar-refractivity contribution in [1.82, 2.24) is 15.3 Å². The molecule has 0 spiro atoms. The molecule has 0 bridgehead atoms. The van der Waals surface area contributed by atoms with Gasteiger partial charge in [0.15, 0.2) is 0 Å². The van der Waals surface area contributed by atoms with Crippen molar-refractivity contribution in [1.29, 1.82) is 0 Å². The number of amides is 1. The van der Waals surface area contributed by atoms with E-state index in [4.69, 9.17) is 0 Å². The Morgan fingerprint density at radius 2 is 1.95 bits per heavy atom. The molecule has 7 nitrogen and oxygen atoms in total. The number of anilines is 1. The fourth-order valence-corrected chi connectivity index (χ4v) is 2.42. The molecule has 0 aliphatic rings. The summed E-state index contributed by atoms with van der Waals surface area (Å²) in [5.74, 6) is -0.140. The highest BCUT2D eigenvalue weighted by atomic mass is 32.2. The zero-order valence-electron chi connectivity index (χ0n) is 10.0. The summed E-state index contributed by atoms with van der Waals surface area (Å²) in [6.45, 7) is 0. The molecule has 0 saturated carbocycles. The standard InChI is InChI=1S/C11H12N4O3S/c1-12-10(16)8-2-4-9(5-3-8)19(17,18)15-11-13-6-7-14-11/h2-7H,1H3,(H,12,16)(H2,13,14,15). The summed E-state index contributed by atoms with van der Waals surface area (Å²) in [7, 11) is -2.20. The molecule has 19 heavy (non-hydrogen) atoms. The molecule has 1 heterocycles. The lowest BCUT2D eigenvalue weighted by atomic mass is 10.2. The smallest absolute Gasteiger partial charge is 0.264 e. The number of nitrogens with one attached hydrogen (secondary N) is 3. The third kappa shape index (κ3) is 2.91. The van der Waals surface area contributed by atoms with Gasteiger partial charge in [-0.05, 0) is 24.3 Å². The number of imidazole rings is 1. The van der Waals surface area contributed by atoms with E-state index in [9.17, 15) is 13.2 Å². The SMILES string of the molecule is CNC(=O)c1ccc(S(=O)(=O)Nc2ncc[nH]2)cc1. The van der Waals surface area contributed by atoms with Crippen molar-refractivity contribution in [2.75, 3.05) is 11.8 Å². The Morgan fingerprint density at radius 3 is 2.47 bits per heavy atom. The van der Waals surface area contributed by atoms with Crippen molar-refractivity contribution in [2.45, 2.75) is 4.90 Å². The molecule has 1 amide bonds. The van der Waals surface area contributed by atoms with E-state index in [2.05, 4.69) is 20.0 Å². The Kier molecular flexibility index (Phi) is 3.52. The highest BCUT2D eigenvalue weighted by Crippen LogP contribution is 2.13. The number of rotatable bonds is 4. The van der Waals surface area contributed by atoms with Crippen LogP contribution < -0.4 is 10.0 Å². The zero-order chi connectivity index (χ0) is 13.9. The lowest BCUT2D eigenvalue weighted by Crippen LogP contribution is -2.18. The average Bonchev–Trinajstić information content (AvgIpc) is 2.90. The van der Waals surface area contributed by atoms with Crippen LogP contribution in [0.25, 0.3) is 0 Å². The second-order valence-electron chi connectivity index (χ2n) is 3.65. The van der Waals surface area contributed by atoms with E-state index in [1.165, 1.54) is 43.7 Å². The average molecular weight is 280 g/mol. The normalized spacial score (nSPS) is 11.0. The Hall–Kier alpha value is -2.35. The van der Waals surface area contributed by atoms with Crippen LogP contribution in [0.4, 0.5) is 5.95 Å². The first-order valence-electron chi connectivity index (χ1n) is 5.37. The lowest BCUT2D eigenvalue weighted by Gasteiger charge is -2.06. The van der Waals surface area contributed by atoms with Gasteiger partial charge in [0.2, 0.25) is 5.95 Å². The van der Waals surface area contributed by atoms with Crippen LogP contribution in [0.1, 0.15) is 10.4 Å². The van der Waals surface area contributed by atoms with Crippen LogP contribution in [-0.4, -0.2) is 31.3 Å². The zero-order valence-corrected chi connectivity index (χ0v) is 10.9. The number of carbonyl (C=O) groups is 1. The fourth-order valence-electron chi connectivity index (χ4n) is 1.44. The largest absolute Gasteiger partial charge is 0.355 e. The van der Waals surface area contributed by atoms with Gasteiger partial charge in [-0.25, -0.2) is 18.1 Å². The molecular formula is C11H12N4O3S. The Morgan fingerprint density at radius 1 is 1.26 bits per heavy atom. The molecule has 0 saturated heterocycles. The van der Waals surface area contributed by atoms with Crippen molar-refractivity contribution in [3.8, 4) is 0 Å². The van der Waals surface area contributed by atoms with Crippen molar-refractivity contribution in [2.24, 2.45) is 0 Å². The summed E-state index contributed by atoms with van der Waals surface area (Å²) in [6.07, 6.45) is 2.94. The van der Waals surface area contributed by atoms with Crippen molar-refractivity contribution in [3.63, 3.8) is 0 Å². The Bertz CT molecular complexity index is 662. The molecule has 100 valence electrons. The molecule has 2 rings (SSSR count). The monoisotopic (exact) mass is 280 g/mol. The van der Waals surface area contributed by atoms with Crippen LogP contribution in [-0.2, 0) is 10.0 Å². The van der Waals surface area contributed by atoms with Crippen LogP contribution >= 0.6 is 0 Å². The molecule has 0 aliphatic heterocycles. The summed E-state index contributed by atoms with van der Waals surface area (Å²) in [5, 5.41) is 2.46. The predicted molar refractivity (Wildman–Crippen MR) is 69.2 cm³/mol. The number of aromatic nitrogens is 2. The molecular weight excluding hydrogens is 268 g/mol. The molecule has 0 radical (unpaired) electrons. The first-order chi connectivity index (χ1) is 9.03. The van der Waals surface area contributed by atoms with Crippen molar-refractivity contribution >= 4 is 21.9 Å². The van der Waals surface area contributed by atoms with Crippen LogP contribution in [0.2, 0.25) is 0 Å². The summed E-state index contributed by atoms with van der Waals surface area (Å²) < 4.78 is 26.2. The summed E-state index contributed by atoms with van der Waals surface area (Å²) in [6, 6.07) is 5.59. The number of hydrogen-bond donors (Lipinski definition) is 3. The molecule has 0 aliphatic carbocycles. The topological polar surface area (TPSA) is 104 Å². The minimum absolute atomic E-state index is 0.0524. The van der Waals surface area contributed by atoms with E-state index < -0.39 is 10.0 Å². The van der Waals surface area contributed by atoms with Crippen LogP contribution in [0.15, 0.2) is 41.6 Å². The number of benzene rings is 1. The first kappa shape index (κ1) is 13.1. The summed E-state index contributed by atoms with van der Waals surface area (Å²) in [4.78, 5) is 17.8. The first-order valence-corrected chi connectivity index (χ1v) is 6.85. The van der Waals surface area contributed by atoms with Gasteiger partial charge in [0.05, 0.1) is 4.90 Å². The van der Waals surface area contributed by atoms with E-state index in [0.717, 1.165) is 0 Å². The van der Waals surface area contributed by atoms with E-state index in [1.807, 2.05) is 0 Å². The quantitative estimate of drug-likeness (QED) is 0.761. The third-order valence-electron chi connectivity index (χ3n) is 2.38. The molecule has 0 fully saturated rings. The number of hydrogen-bond acceptors (Lipinski definition) is 4. The predicted octanol–water partition coefficient (Wildman–Crippen LogP) is 0.570. The molecule has 1 aromatic heterocycles. The second-order valence-corrected chi connectivity index (χ2v) is 5.33. The maximum Gasteiger partial charge on any atom is 0.264 e. The second kappa shape index (κ2) is 5.11. The van der Waals surface area contributed by atoms with Gasteiger partial charge >= 0.3 is 0 Å². The molecule has 8 heteroatoms. The van der Waals surface area contributed by atoms with Gasteiger partial charge in [0, 0.05) is 25.0 Å². The minimum atomic E-state index is -3.71. The van der Waals surface area contributed by atoms with Gasteiger partial charge in [0.1, 0.15) is 0 Å². The van der Waals surface area contributed by atoms with Crippen LogP contribution in [0, 0.1) is 0 Å². The molecule has 0 unspecified atom stereocenters. The maximum absolute atomic E-state index is 12.0. The van der Waals surface area contributed by atoms with E-state index >= 15 is 0 Å². The minimum Gasteiger partial charge on any atom is -0.355 e. The van der Waals surface area contributed by atoms with Crippen LogP contribution in [0.5, 0.6) is 0 Å². The molecule has 0 atom stereocenters. The third-order valence-corrected chi connectivity index (χ3v) is 3.74. The van der Waals surface area contributed by atoms with Crippen molar-refractivity contribution in [3.05, 3.63) is 42.2 Å². The van der Waals surface area contributed by atoms with Gasteiger partial charge in [-0.2, -0.15) is 0 Å². The lowest BCUT2D eigenvalue weighted by molar-refractivity contribution is 0.0963. The van der Waals surface area contributed by atoms with Gasteiger partial charge in [0.25, 0.3) is 15.9 Å². The molecule has 2 aromatic rings. The van der Waals surface area contributed by atoms with Gasteiger partial charge in [-0.1, -0.05) is 0 Å². The number of nitrogens with zero attached hydrogens (tertiary/aromatic N) is 1. The van der Waals surface area contributed by atoms with Crippen molar-refractivity contribution < 1.29 is 13.2 Å². The van der Waals surface area contributed by atoms with E-state index in [1.54, 1.807) is 0 Å². The summed E-state index contributed by atoms with van der Waals surface area (Å²) in [5.41, 5.74) is 0.388. The molecule has 1 aromatic carbocycles. The van der Waals surface area contributed by atoms with E-state index in [0.29, 0.717) is 5.56 Å². The van der Waals surface area contributed by atoms with Gasteiger partial charge in [-0.3, -0.25) is 4.79 Å². The van der Waals surface area contributed by atoms with Crippen LogP contribution in [0.3, 0.4) is 0 Å². The highest BCUT2D eigenvalue weighted by molar-refractivity contribution is 7.92. The Labute approximate surface area is 110 Å². The van der Waals surface area contributed by atoms with Gasteiger partial charge < -0.3 is 10.3 Å². The number of aromatic amines is 1. The highest BCUT2D eigenvalue weighted by Gasteiger charge is 2.15. The Balaban J connectivity index is 2.24.